The molecule has 0 saturated heterocycles. The molecule has 0 radical (unpaired) electrons. The second kappa shape index (κ2) is 6.41. The molecule has 0 amide bonds. The zero-order valence-electron chi connectivity index (χ0n) is 10.4. The highest BCUT2D eigenvalue weighted by molar-refractivity contribution is 6.29. The number of aromatic nitrogens is 1. The van der Waals surface area contributed by atoms with Crippen molar-refractivity contribution in [1.29, 1.82) is 0 Å². The van der Waals surface area contributed by atoms with Gasteiger partial charge in [0.1, 0.15) is 16.7 Å². The summed E-state index contributed by atoms with van der Waals surface area (Å²) in [5.74, 6) is 1.52. The molecule has 0 aliphatic rings. The number of aryl methyl sites for hydroxylation is 1. The molecule has 2 nitrogen and oxygen atoms in total. The van der Waals surface area contributed by atoms with Crippen LogP contribution >= 0.6 is 11.6 Å². The Hall–Kier alpha value is -1.54. The zero-order chi connectivity index (χ0) is 12.8. The zero-order valence-corrected chi connectivity index (χ0v) is 11.2. The molecule has 0 fully saturated rings. The Bertz CT molecular complexity index is 496. The number of rotatable bonds is 5. The molecule has 0 spiro atoms. The monoisotopic (exact) mass is 261 g/mol. The molecule has 0 saturated carbocycles. The maximum Gasteiger partial charge on any atom is 0.132 e. The summed E-state index contributed by atoms with van der Waals surface area (Å²) in [6.07, 6.45) is 5.19. The van der Waals surface area contributed by atoms with Crippen LogP contribution in [0.2, 0.25) is 5.15 Å². The molecule has 94 valence electrons. The predicted octanol–water partition coefficient (Wildman–Crippen LogP) is 4.87. The van der Waals surface area contributed by atoms with E-state index in [4.69, 9.17) is 16.3 Å². The molecule has 2 rings (SSSR count). The summed E-state index contributed by atoms with van der Waals surface area (Å²) in [6.45, 7) is 2.20. The number of ether oxygens (including phenoxy) is 1. The van der Waals surface area contributed by atoms with Gasteiger partial charge in [0.2, 0.25) is 0 Å². The molecule has 0 aliphatic heterocycles. The first-order chi connectivity index (χ1) is 8.78. The third-order valence-electron chi connectivity index (χ3n) is 2.68. The quantitative estimate of drug-likeness (QED) is 0.717. The minimum Gasteiger partial charge on any atom is -0.457 e. The van der Waals surface area contributed by atoms with Crippen molar-refractivity contribution in [2.24, 2.45) is 0 Å². The van der Waals surface area contributed by atoms with Crippen LogP contribution in [0.3, 0.4) is 0 Å². The highest BCUT2D eigenvalue weighted by Gasteiger charge is 1.99. The summed E-state index contributed by atoms with van der Waals surface area (Å²) in [5.41, 5.74) is 1.34. The van der Waals surface area contributed by atoms with Crippen LogP contribution < -0.4 is 4.74 Å². The molecule has 0 bridgehead atoms. The van der Waals surface area contributed by atoms with Crippen LogP contribution in [0.4, 0.5) is 0 Å². The van der Waals surface area contributed by atoms with Gasteiger partial charge in [-0.2, -0.15) is 0 Å². The minimum absolute atomic E-state index is 0.437. The van der Waals surface area contributed by atoms with Crippen molar-refractivity contribution in [1.82, 2.24) is 4.98 Å². The molecule has 0 N–H and O–H groups in total. The third kappa shape index (κ3) is 3.74. The molecular weight excluding hydrogens is 246 g/mol. The fraction of sp³-hybridized carbons (Fsp3) is 0.267. The molecular formula is C15H16ClNO. The summed E-state index contributed by atoms with van der Waals surface area (Å²) in [6, 6.07) is 11.7. The van der Waals surface area contributed by atoms with Gasteiger partial charge in [0.05, 0.1) is 0 Å². The summed E-state index contributed by atoms with van der Waals surface area (Å²) in [5, 5.41) is 0.437. The smallest absolute Gasteiger partial charge is 0.132 e. The number of unbranched alkanes of at least 4 members (excludes halogenated alkanes) is 1. The molecule has 18 heavy (non-hydrogen) atoms. The van der Waals surface area contributed by atoms with Gasteiger partial charge in [-0.1, -0.05) is 37.1 Å². The second-order valence-corrected chi connectivity index (χ2v) is 4.55. The van der Waals surface area contributed by atoms with Gasteiger partial charge in [-0.25, -0.2) is 4.98 Å². The van der Waals surface area contributed by atoms with E-state index in [-0.39, 0.29) is 0 Å². The number of nitrogens with zero attached hydrogens (tertiary/aromatic N) is 1. The summed E-state index contributed by atoms with van der Waals surface area (Å²) in [7, 11) is 0. The van der Waals surface area contributed by atoms with Gasteiger partial charge in [-0.3, -0.25) is 0 Å². The van der Waals surface area contributed by atoms with Crippen LogP contribution in [-0.2, 0) is 6.42 Å². The lowest BCUT2D eigenvalue weighted by Crippen LogP contribution is -1.87. The van der Waals surface area contributed by atoms with Crippen LogP contribution in [0.5, 0.6) is 11.5 Å². The number of hydrogen-bond donors (Lipinski definition) is 0. The van der Waals surface area contributed by atoms with Crippen LogP contribution in [0.1, 0.15) is 25.3 Å². The van der Waals surface area contributed by atoms with E-state index in [0.29, 0.717) is 10.9 Å². The van der Waals surface area contributed by atoms with Crippen molar-refractivity contribution in [3.8, 4) is 11.5 Å². The lowest BCUT2D eigenvalue weighted by molar-refractivity contribution is 0.481. The van der Waals surface area contributed by atoms with E-state index >= 15 is 0 Å². The Morgan fingerprint density at radius 1 is 1.11 bits per heavy atom. The molecule has 0 atom stereocenters. The maximum atomic E-state index is 5.80. The molecule has 1 aromatic heterocycles. The lowest BCUT2D eigenvalue weighted by Gasteiger charge is -2.06. The molecule has 0 aliphatic carbocycles. The van der Waals surface area contributed by atoms with E-state index in [1.54, 1.807) is 18.3 Å². The standard InChI is InChI=1S/C15H16ClNO/c1-2-3-4-12-5-7-13(8-6-12)18-14-9-10-17-15(16)11-14/h5-11H,2-4H2,1H3. The van der Waals surface area contributed by atoms with E-state index in [2.05, 4.69) is 24.0 Å². The van der Waals surface area contributed by atoms with E-state index < -0.39 is 0 Å². The van der Waals surface area contributed by atoms with Gasteiger partial charge in [-0.15, -0.1) is 0 Å². The van der Waals surface area contributed by atoms with Crippen molar-refractivity contribution in [2.45, 2.75) is 26.2 Å². The second-order valence-electron chi connectivity index (χ2n) is 4.16. The fourth-order valence-electron chi connectivity index (χ4n) is 1.69. The highest BCUT2D eigenvalue weighted by atomic mass is 35.5. The van der Waals surface area contributed by atoms with E-state index in [0.717, 1.165) is 12.2 Å². The maximum absolute atomic E-state index is 5.80. The molecule has 1 heterocycles. The number of pyridine rings is 1. The van der Waals surface area contributed by atoms with Crippen LogP contribution in [-0.4, -0.2) is 4.98 Å². The first-order valence-electron chi connectivity index (χ1n) is 6.16. The lowest BCUT2D eigenvalue weighted by atomic mass is 10.1. The summed E-state index contributed by atoms with van der Waals surface area (Å²) in [4.78, 5) is 3.91. The van der Waals surface area contributed by atoms with Gasteiger partial charge in [0.15, 0.2) is 0 Å². The Morgan fingerprint density at radius 2 is 1.89 bits per heavy atom. The Labute approximate surface area is 113 Å². The molecule has 0 unspecified atom stereocenters. The van der Waals surface area contributed by atoms with Crippen molar-refractivity contribution in [3.63, 3.8) is 0 Å². The average Bonchev–Trinajstić information content (AvgIpc) is 2.38. The third-order valence-corrected chi connectivity index (χ3v) is 2.88. The van der Waals surface area contributed by atoms with Gasteiger partial charge in [0, 0.05) is 12.3 Å². The van der Waals surface area contributed by atoms with Crippen molar-refractivity contribution in [2.75, 3.05) is 0 Å². The summed E-state index contributed by atoms with van der Waals surface area (Å²) < 4.78 is 5.69. The topological polar surface area (TPSA) is 22.1 Å². The average molecular weight is 262 g/mol. The first-order valence-corrected chi connectivity index (χ1v) is 6.54. The number of hydrogen-bond acceptors (Lipinski definition) is 2. The van der Waals surface area contributed by atoms with Crippen molar-refractivity contribution >= 4 is 11.6 Å². The van der Waals surface area contributed by atoms with Gasteiger partial charge in [0.25, 0.3) is 0 Å². The van der Waals surface area contributed by atoms with Crippen molar-refractivity contribution < 1.29 is 4.74 Å². The SMILES string of the molecule is CCCCc1ccc(Oc2ccnc(Cl)c2)cc1. The largest absolute Gasteiger partial charge is 0.457 e. The Balaban J connectivity index is 2.02. The Morgan fingerprint density at radius 3 is 2.56 bits per heavy atom. The minimum atomic E-state index is 0.437. The van der Waals surface area contributed by atoms with Gasteiger partial charge in [-0.05, 0) is 36.6 Å². The van der Waals surface area contributed by atoms with E-state index in [1.165, 1.54) is 18.4 Å². The van der Waals surface area contributed by atoms with Crippen LogP contribution in [0, 0.1) is 0 Å². The van der Waals surface area contributed by atoms with E-state index in [9.17, 15) is 0 Å². The van der Waals surface area contributed by atoms with Crippen LogP contribution in [0.15, 0.2) is 42.6 Å². The molecule has 2 aromatic rings. The van der Waals surface area contributed by atoms with Gasteiger partial charge >= 0.3 is 0 Å². The predicted molar refractivity (Wildman–Crippen MR) is 74.4 cm³/mol. The number of halogens is 1. The first kappa shape index (κ1) is 12.9. The highest BCUT2D eigenvalue weighted by Crippen LogP contribution is 2.23. The van der Waals surface area contributed by atoms with E-state index in [1.807, 2.05) is 12.1 Å². The number of benzene rings is 1. The normalized spacial score (nSPS) is 10.3. The summed E-state index contributed by atoms with van der Waals surface area (Å²) >= 11 is 5.80. The molecule has 3 heteroatoms. The Kier molecular flexibility index (Phi) is 4.59. The fourth-order valence-corrected chi connectivity index (χ4v) is 1.85. The van der Waals surface area contributed by atoms with Crippen molar-refractivity contribution in [3.05, 3.63) is 53.3 Å². The van der Waals surface area contributed by atoms with Crippen LogP contribution in [0.25, 0.3) is 0 Å². The molecule has 1 aromatic carbocycles. The van der Waals surface area contributed by atoms with Gasteiger partial charge < -0.3 is 4.74 Å².